The number of nitrogens with one attached hydrogen (secondary N) is 1. The summed E-state index contributed by atoms with van der Waals surface area (Å²) in [7, 11) is 0. The van der Waals surface area contributed by atoms with E-state index in [0.29, 0.717) is 23.4 Å². The quantitative estimate of drug-likeness (QED) is 0.875. The number of ether oxygens (including phenoxy) is 1. The number of hydrogen-bond donors (Lipinski definition) is 2. The molecule has 5 rings (SSSR count). The third kappa shape index (κ3) is 2.68. The number of hydrogen-bond acceptors (Lipinski definition) is 4. The summed E-state index contributed by atoms with van der Waals surface area (Å²) in [6.45, 7) is 2.86. The molecule has 1 aliphatic carbocycles. The van der Waals surface area contributed by atoms with Gasteiger partial charge < -0.3 is 15.8 Å². The molecule has 2 saturated heterocycles. The molecule has 3 N–H and O–H groups in total. The number of piperidine rings is 1. The monoisotopic (exact) mass is 363 g/mol. The average Bonchev–Trinajstić information content (AvgIpc) is 3.34. The van der Waals surface area contributed by atoms with Crippen molar-refractivity contribution in [3.63, 3.8) is 0 Å². The number of nitrogens with two attached hydrogens (primary N) is 1. The number of rotatable bonds is 4. The van der Waals surface area contributed by atoms with Crippen molar-refractivity contribution < 1.29 is 9.53 Å². The van der Waals surface area contributed by atoms with Crippen LogP contribution in [0.25, 0.3) is 11.1 Å². The van der Waals surface area contributed by atoms with Crippen molar-refractivity contribution in [1.82, 2.24) is 10.3 Å². The lowest BCUT2D eigenvalue weighted by Gasteiger charge is -2.34. The summed E-state index contributed by atoms with van der Waals surface area (Å²) >= 11 is 0. The minimum Gasteiger partial charge on any atom is -0.381 e. The van der Waals surface area contributed by atoms with Gasteiger partial charge in [-0.25, -0.2) is 0 Å². The lowest BCUT2D eigenvalue weighted by Crippen LogP contribution is -2.43. The molecule has 1 unspecified atom stereocenters. The maximum Gasteiger partial charge on any atom is 0.250 e. The van der Waals surface area contributed by atoms with Crippen molar-refractivity contribution in [3.8, 4) is 11.1 Å². The predicted molar refractivity (Wildman–Crippen MR) is 103 cm³/mol. The van der Waals surface area contributed by atoms with Crippen LogP contribution in [-0.4, -0.2) is 36.7 Å². The molecule has 5 nitrogen and oxygen atoms in total. The number of benzene rings is 1. The molecule has 3 fully saturated rings. The van der Waals surface area contributed by atoms with Crippen molar-refractivity contribution >= 4 is 5.91 Å². The van der Waals surface area contributed by atoms with E-state index in [9.17, 15) is 4.79 Å². The van der Waals surface area contributed by atoms with Gasteiger partial charge in [0.2, 0.25) is 0 Å². The molecule has 27 heavy (non-hydrogen) atoms. The summed E-state index contributed by atoms with van der Waals surface area (Å²) in [6.07, 6.45) is 6.81. The van der Waals surface area contributed by atoms with Gasteiger partial charge >= 0.3 is 0 Å². The minimum atomic E-state index is -0.437. The van der Waals surface area contributed by atoms with E-state index in [2.05, 4.69) is 34.6 Å². The highest BCUT2D eigenvalue weighted by atomic mass is 16.5. The van der Waals surface area contributed by atoms with Gasteiger partial charge in [0.05, 0.1) is 5.56 Å². The van der Waals surface area contributed by atoms with E-state index >= 15 is 0 Å². The summed E-state index contributed by atoms with van der Waals surface area (Å²) in [5.74, 6) is 0.958. The summed E-state index contributed by atoms with van der Waals surface area (Å²) in [6, 6.07) is 11.1. The zero-order valence-corrected chi connectivity index (χ0v) is 15.4. The third-order valence-corrected chi connectivity index (χ3v) is 6.83. The number of carbonyl (C=O) groups is 1. The Balaban J connectivity index is 1.52. The molecule has 2 aliphatic heterocycles. The van der Waals surface area contributed by atoms with E-state index in [1.165, 1.54) is 12.0 Å². The van der Waals surface area contributed by atoms with Crippen LogP contribution in [-0.2, 0) is 10.2 Å². The van der Waals surface area contributed by atoms with Crippen LogP contribution in [0, 0.1) is 11.8 Å². The molecule has 0 spiro atoms. The number of pyridine rings is 1. The van der Waals surface area contributed by atoms with Crippen molar-refractivity contribution in [3.05, 3.63) is 53.9 Å². The highest BCUT2D eigenvalue weighted by Crippen LogP contribution is 2.62. The smallest absolute Gasteiger partial charge is 0.250 e. The SMILES string of the molecule is NC(=O)c1cnccc1-c1cccc([C@@]23C[C@@H]2CNC3C2CCOCC2)c1. The van der Waals surface area contributed by atoms with Gasteiger partial charge in [-0.15, -0.1) is 0 Å². The van der Waals surface area contributed by atoms with E-state index in [0.717, 1.165) is 43.7 Å². The van der Waals surface area contributed by atoms with E-state index in [4.69, 9.17) is 10.5 Å². The fourth-order valence-electron chi connectivity index (χ4n) is 5.42. The molecule has 1 amide bonds. The van der Waals surface area contributed by atoms with E-state index < -0.39 is 5.91 Å². The summed E-state index contributed by atoms with van der Waals surface area (Å²) in [4.78, 5) is 15.9. The van der Waals surface area contributed by atoms with Crippen LogP contribution in [0.3, 0.4) is 0 Å². The van der Waals surface area contributed by atoms with Gasteiger partial charge in [-0.2, -0.15) is 0 Å². The molecular formula is C22H25N3O2. The summed E-state index contributed by atoms with van der Waals surface area (Å²) in [5, 5.41) is 3.81. The van der Waals surface area contributed by atoms with Crippen LogP contribution in [0.4, 0.5) is 0 Å². The molecule has 1 aromatic heterocycles. The summed E-state index contributed by atoms with van der Waals surface area (Å²) < 4.78 is 5.58. The standard InChI is InChI=1S/C22H25N3O2/c23-21(26)19-13-24-7-4-18(19)15-2-1-3-16(10-15)22-11-17(22)12-25-20(22)14-5-8-27-9-6-14/h1-4,7,10,13-14,17,20,25H,5-6,8-9,11-12H2,(H2,23,26)/t17-,20?,22+/m1/s1. The molecule has 0 bridgehead atoms. The van der Waals surface area contributed by atoms with Gasteiger partial charge in [-0.3, -0.25) is 9.78 Å². The minimum absolute atomic E-state index is 0.234. The Morgan fingerprint density at radius 2 is 2.11 bits per heavy atom. The Labute approximate surface area is 159 Å². The first kappa shape index (κ1) is 16.9. The fraction of sp³-hybridized carbons (Fsp3) is 0.455. The Hall–Kier alpha value is -2.24. The molecule has 1 aromatic carbocycles. The van der Waals surface area contributed by atoms with Gasteiger partial charge in [0.1, 0.15) is 0 Å². The first-order chi connectivity index (χ1) is 13.2. The molecule has 5 heteroatoms. The summed E-state index contributed by atoms with van der Waals surface area (Å²) in [5.41, 5.74) is 9.57. The van der Waals surface area contributed by atoms with Crippen LogP contribution in [0.5, 0.6) is 0 Å². The van der Waals surface area contributed by atoms with Crippen LogP contribution in [0.15, 0.2) is 42.7 Å². The van der Waals surface area contributed by atoms with Crippen LogP contribution in [0.1, 0.15) is 35.2 Å². The van der Waals surface area contributed by atoms with Gasteiger partial charge in [-0.1, -0.05) is 24.3 Å². The van der Waals surface area contributed by atoms with Crippen LogP contribution in [0.2, 0.25) is 0 Å². The Kier molecular flexibility index (Phi) is 4.02. The molecule has 3 aliphatic rings. The van der Waals surface area contributed by atoms with E-state index in [-0.39, 0.29) is 5.41 Å². The predicted octanol–water partition coefficient (Wildman–Crippen LogP) is 2.50. The molecule has 1 saturated carbocycles. The topological polar surface area (TPSA) is 77.2 Å². The van der Waals surface area contributed by atoms with Crippen molar-refractivity contribution in [1.29, 1.82) is 0 Å². The highest BCUT2D eigenvalue weighted by molar-refractivity contribution is 5.99. The second-order valence-corrected chi connectivity index (χ2v) is 8.14. The molecule has 2 aromatic rings. The van der Waals surface area contributed by atoms with Gasteiger partial charge in [0.25, 0.3) is 5.91 Å². The highest BCUT2D eigenvalue weighted by Gasteiger charge is 2.65. The normalized spacial score (nSPS) is 30.1. The van der Waals surface area contributed by atoms with E-state index in [1.807, 2.05) is 6.07 Å². The Morgan fingerprint density at radius 3 is 2.89 bits per heavy atom. The lowest BCUT2D eigenvalue weighted by molar-refractivity contribution is 0.0512. The molecular weight excluding hydrogens is 338 g/mol. The van der Waals surface area contributed by atoms with Crippen molar-refractivity contribution in [2.24, 2.45) is 17.6 Å². The van der Waals surface area contributed by atoms with Gasteiger partial charge in [-0.05, 0) is 60.4 Å². The fourth-order valence-corrected chi connectivity index (χ4v) is 5.42. The zero-order valence-electron chi connectivity index (χ0n) is 15.4. The number of nitrogens with zero attached hydrogens (tertiary/aromatic N) is 1. The Bertz CT molecular complexity index is 877. The first-order valence-electron chi connectivity index (χ1n) is 9.86. The largest absolute Gasteiger partial charge is 0.381 e. The number of aromatic nitrogens is 1. The zero-order chi connectivity index (χ0) is 18.4. The maximum absolute atomic E-state index is 11.8. The average molecular weight is 363 g/mol. The first-order valence-corrected chi connectivity index (χ1v) is 9.86. The van der Waals surface area contributed by atoms with Gasteiger partial charge in [0.15, 0.2) is 0 Å². The number of primary amides is 1. The molecule has 3 heterocycles. The second-order valence-electron chi connectivity index (χ2n) is 8.14. The van der Waals surface area contributed by atoms with Crippen molar-refractivity contribution in [2.45, 2.75) is 30.7 Å². The van der Waals surface area contributed by atoms with Crippen LogP contribution >= 0.6 is 0 Å². The lowest BCUT2D eigenvalue weighted by atomic mass is 9.77. The maximum atomic E-state index is 11.8. The van der Waals surface area contributed by atoms with E-state index in [1.54, 1.807) is 12.4 Å². The molecule has 140 valence electrons. The van der Waals surface area contributed by atoms with Crippen LogP contribution < -0.4 is 11.1 Å². The van der Waals surface area contributed by atoms with Gasteiger partial charge in [0, 0.05) is 37.1 Å². The third-order valence-electron chi connectivity index (χ3n) is 6.83. The second kappa shape index (κ2) is 6.43. The number of fused-ring (bicyclic) bond motifs is 1. The number of amides is 1. The number of carbonyl (C=O) groups excluding carboxylic acids is 1. The van der Waals surface area contributed by atoms with Crippen molar-refractivity contribution in [2.75, 3.05) is 19.8 Å². The Morgan fingerprint density at radius 1 is 1.26 bits per heavy atom. The molecule has 3 atom stereocenters. The molecule has 0 radical (unpaired) electrons.